The maximum absolute atomic E-state index is 14.0. The Morgan fingerprint density at radius 1 is 1.14 bits per heavy atom. The average Bonchev–Trinajstić information content (AvgIpc) is 2.66. The van der Waals surface area contributed by atoms with Crippen LogP contribution >= 0.6 is 15.9 Å². The fraction of sp³-hybridized carbons (Fsp3) is 0.0556. The Labute approximate surface area is 166 Å². The predicted octanol–water partition coefficient (Wildman–Crippen LogP) is 2.20. The van der Waals surface area contributed by atoms with Crippen molar-refractivity contribution in [3.8, 4) is 0 Å². The first-order valence-electron chi connectivity index (χ1n) is 7.91. The molecule has 10 heteroatoms. The van der Waals surface area contributed by atoms with Crippen molar-refractivity contribution in [1.29, 1.82) is 0 Å². The largest absolute Gasteiger partial charge is 0.335 e. The van der Waals surface area contributed by atoms with Crippen LogP contribution in [0.4, 0.5) is 14.9 Å². The zero-order chi connectivity index (χ0) is 20.3. The summed E-state index contributed by atoms with van der Waals surface area (Å²) in [7, 11) is 0. The standard InChI is InChI=1S/C18H12BrFN4O4/c19-11-7-5-10(6-8-11)15(25)23-21-9-12-16(26)22-18(28)24(17(12)27)14-4-2-1-3-13(14)20/h1-9,12H,(H,23,25)(H,22,26,28)/b21-9-/t12-/m1/s1. The number of amides is 5. The zero-order valence-corrected chi connectivity index (χ0v) is 15.6. The third kappa shape index (κ3) is 3.96. The zero-order valence-electron chi connectivity index (χ0n) is 14.1. The molecule has 142 valence electrons. The molecule has 5 amide bonds. The van der Waals surface area contributed by atoms with E-state index in [-0.39, 0.29) is 5.69 Å². The number of nitrogens with one attached hydrogen (secondary N) is 2. The normalized spacial score (nSPS) is 17.0. The van der Waals surface area contributed by atoms with E-state index in [9.17, 15) is 23.6 Å². The van der Waals surface area contributed by atoms with E-state index in [2.05, 4.69) is 26.5 Å². The van der Waals surface area contributed by atoms with E-state index in [0.717, 1.165) is 16.8 Å². The predicted molar refractivity (Wildman–Crippen MR) is 101 cm³/mol. The molecule has 3 rings (SSSR count). The van der Waals surface area contributed by atoms with Crippen molar-refractivity contribution >= 4 is 51.6 Å². The quantitative estimate of drug-likeness (QED) is 0.426. The molecule has 1 heterocycles. The summed E-state index contributed by atoms with van der Waals surface area (Å²) < 4.78 is 14.8. The Hall–Kier alpha value is -3.40. The number of imide groups is 2. The van der Waals surface area contributed by atoms with E-state index in [0.29, 0.717) is 10.5 Å². The van der Waals surface area contributed by atoms with E-state index >= 15 is 0 Å². The fourth-order valence-corrected chi connectivity index (χ4v) is 2.68. The summed E-state index contributed by atoms with van der Waals surface area (Å²) in [5, 5.41) is 5.58. The molecule has 1 fully saturated rings. The molecular weight excluding hydrogens is 435 g/mol. The molecule has 0 radical (unpaired) electrons. The van der Waals surface area contributed by atoms with Gasteiger partial charge in [-0.15, -0.1) is 0 Å². The first-order chi connectivity index (χ1) is 13.4. The Balaban J connectivity index is 1.76. The van der Waals surface area contributed by atoms with Crippen LogP contribution in [-0.2, 0) is 9.59 Å². The van der Waals surface area contributed by atoms with Crippen LogP contribution in [-0.4, -0.2) is 30.0 Å². The number of barbiturate groups is 1. The van der Waals surface area contributed by atoms with E-state index in [1.165, 1.54) is 18.2 Å². The molecule has 0 aliphatic carbocycles. The van der Waals surface area contributed by atoms with Crippen molar-refractivity contribution in [3.63, 3.8) is 0 Å². The van der Waals surface area contributed by atoms with Gasteiger partial charge in [0.05, 0.1) is 5.69 Å². The van der Waals surface area contributed by atoms with Gasteiger partial charge in [-0.3, -0.25) is 19.7 Å². The monoisotopic (exact) mass is 446 g/mol. The van der Waals surface area contributed by atoms with Gasteiger partial charge in [-0.1, -0.05) is 28.1 Å². The van der Waals surface area contributed by atoms with Gasteiger partial charge in [0.25, 0.3) is 11.8 Å². The topological polar surface area (TPSA) is 108 Å². The van der Waals surface area contributed by atoms with Crippen molar-refractivity contribution in [1.82, 2.24) is 10.7 Å². The summed E-state index contributed by atoms with van der Waals surface area (Å²) >= 11 is 3.25. The first-order valence-corrected chi connectivity index (χ1v) is 8.70. The molecule has 1 atom stereocenters. The van der Waals surface area contributed by atoms with Crippen LogP contribution < -0.4 is 15.6 Å². The Morgan fingerprint density at radius 2 is 1.82 bits per heavy atom. The molecule has 1 aliphatic heterocycles. The van der Waals surface area contributed by atoms with Gasteiger partial charge in [0.1, 0.15) is 5.82 Å². The van der Waals surface area contributed by atoms with Crippen LogP contribution in [0.15, 0.2) is 58.1 Å². The van der Waals surface area contributed by atoms with Crippen LogP contribution in [0, 0.1) is 11.7 Å². The molecule has 0 aromatic heterocycles. The number of halogens is 2. The van der Waals surface area contributed by atoms with Gasteiger partial charge < -0.3 is 0 Å². The number of benzene rings is 2. The van der Waals surface area contributed by atoms with E-state index in [1.54, 1.807) is 24.3 Å². The van der Waals surface area contributed by atoms with Gasteiger partial charge in [-0.25, -0.2) is 19.5 Å². The number of hydrazone groups is 1. The second-order valence-electron chi connectivity index (χ2n) is 5.62. The second kappa shape index (κ2) is 8.09. The highest BCUT2D eigenvalue weighted by Gasteiger charge is 2.41. The van der Waals surface area contributed by atoms with Crippen LogP contribution in [0.2, 0.25) is 0 Å². The Morgan fingerprint density at radius 3 is 2.50 bits per heavy atom. The van der Waals surface area contributed by atoms with Gasteiger partial charge in [-0.2, -0.15) is 5.10 Å². The van der Waals surface area contributed by atoms with E-state index in [4.69, 9.17) is 0 Å². The SMILES string of the molecule is O=C(N/N=C\[C@@H]1C(=O)NC(=O)N(c2ccccc2F)C1=O)c1ccc(Br)cc1. The molecule has 1 saturated heterocycles. The molecule has 2 aromatic carbocycles. The van der Waals surface area contributed by atoms with Gasteiger partial charge >= 0.3 is 6.03 Å². The highest BCUT2D eigenvalue weighted by molar-refractivity contribution is 9.10. The minimum atomic E-state index is -1.51. The van der Waals surface area contributed by atoms with Crippen LogP contribution in [0.25, 0.3) is 0 Å². The molecule has 0 unspecified atom stereocenters. The Bertz CT molecular complexity index is 993. The van der Waals surface area contributed by atoms with Crippen LogP contribution in [0.5, 0.6) is 0 Å². The molecule has 1 aliphatic rings. The lowest BCUT2D eigenvalue weighted by molar-refractivity contribution is -0.131. The van der Waals surface area contributed by atoms with Crippen molar-refractivity contribution in [2.45, 2.75) is 0 Å². The van der Waals surface area contributed by atoms with E-state index < -0.39 is 35.5 Å². The second-order valence-corrected chi connectivity index (χ2v) is 6.54. The van der Waals surface area contributed by atoms with Crippen molar-refractivity contribution in [2.75, 3.05) is 4.90 Å². The lowest BCUT2D eigenvalue weighted by Gasteiger charge is -2.28. The average molecular weight is 447 g/mol. The molecule has 28 heavy (non-hydrogen) atoms. The van der Waals surface area contributed by atoms with Gasteiger partial charge in [-0.05, 0) is 36.4 Å². The number of nitrogens with zero attached hydrogens (tertiary/aromatic N) is 2. The molecule has 0 bridgehead atoms. The number of hydrogen-bond donors (Lipinski definition) is 2. The summed E-state index contributed by atoms with van der Waals surface area (Å²) in [6.07, 6.45) is 0.884. The number of para-hydroxylation sites is 1. The van der Waals surface area contributed by atoms with Crippen molar-refractivity contribution in [3.05, 3.63) is 64.4 Å². The molecular formula is C18H12BrFN4O4. The lowest BCUT2D eigenvalue weighted by atomic mass is 10.1. The Kier molecular flexibility index (Phi) is 5.59. The first kappa shape index (κ1) is 19.4. The summed E-state index contributed by atoms with van der Waals surface area (Å²) in [4.78, 5) is 49.0. The molecule has 2 N–H and O–H groups in total. The number of hydrogen-bond acceptors (Lipinski definition) is 5. The highest BCUT2D eigenvalue weighted by atomic mass is 79.9. The van der Waals surface area contributed by atoms with E-state index in [1.807, 2.05) is 5.32 Å². The summed E-state index contributed by atoms with van der Waals surface area (Å²) in [6.45, 7) is 0. The van der Waals surface area contributed by atoms with Gasteiger partial charge in [0, 0.05) is 16.3 Å². The number of urea groups is 1. The fourth-order valence-electron chi connectivity index (χ4n) is 2.42. The maximum atomic E-state index is 14.0. The number of carbonyl (C=O) groups is 4. The summed E-state index contributed by atoms with van der Waals surface area (Å²) in [5.74, 6) is -4.79. The third-order valence-electron chi connectivity index (χ3n) is 3.79. The van der Waals surface area contributed by atoms with Crippen LogP contribution in [0.3, 0.4) is 0 Å². The number of anilines is 1. The van der Waals surface area contributed by atoms with Gasteiger partial charge in [0.15, 0.2) is 5.92 Å². The molecule has 0 spiro atoms. The van der Waals surface area contributed by atoms with Crippen LogP contribution in [0.1, 0.15) is 10.4 Å². The van der Waals surface area contributed by atoms with Gasteiger partial charge in [0.2, 0.25) is 5.91 Å². The summed E-state index contributed by atoms with van der Waals surface area (Å²) in [5.41, 5.74) is 2.20. The molecule has 2 aromatic rings. The number of carbonyl (C=O) groups excluding carboxylic acids is 4. The van der Waals surface area contributed by atoms with Crippen molar-refractivity contribution in [2.24, 2.45) is 11.0 Å². The lowest BCUT2D eigenvalue weighted by Crippen LogP contribution is -2.59. The third-order valence-corrected chi connectivity index (χ3v) is 4.32. The summed E-state index contributed by atoms with van der Waals surface area (Å²) in [6, 6.07) is 10.5. The number of rotatable bonds is 4. The molecule has 8 nitrogen and oxygen atoms in total. The van der Waals surface area contributed by atoms with Crippen molar-refractivity contribution < 1.29 is 23.6 Å². The minimum Gasteiger partial charge on any atom is -0.276 e. The minimum absolute atomic E-state index is 0.296. The highest BCUT2D eigenvalue weighted by Crippen LogP contribution is 2.23. The molecule has 0 saturated carbocycles. The smallest absolute Gasteiger partial charge is 0.276 e. The maximum Gasteiger partial charge on any atom is 0.335 e.